The van der Waals surface area contributed by atoms with Crippen molar-refractivity contribution < 1.29 is 27.4 Å². The highest BCUT2D eigenvalue weighted by Gasteiger charge is 2.42. The maximum Gasteiger partial charge on any atom is 0.417 e. The number of alkyl halides is 3. The van der Waals surface area contributed by atoms with E-state index in [4.69, 9.17) is 9.47 Å². The Labute approximate surface area is 196 Å². The van der Waals surface area contributed by atoms with Crippen molar-refractivity contribution >= 4 is 5.97 Å². The van der Waals surface area contributed by atoms with Gasteiger partial charge in [0.25, 0.3) is 0 Å². The first kappa shape index (κ1) is 23.8. The molecule has 3 aromatic rings. The molecule has 7 heteroatoms. The molecule has 1 aliphatic rings. The van der Waals surface area contributed by atoms with Gasteiger partial charge in [-0.2, -0.15) is 13.2 Å². The lowest BCUT2D eigenvalue weighted by atomic mass is 9.90. The Hall–Kier alpha value is -3.32. The molecule has 0 N–H and O–H groups in total. The number of nitrogens with zero attached hydrogens (tertiary/aromatic N) is 1. The highest BCUT2D eigenvalue weighted by molar-refractivity contribution is 5.96. The number of hydrogen-bond acceptors (Lipinski definition) is 4. The lowest BCUT2D eigenvalue weighted by molar-refractivity contribution is -0.139. The number of benzene rings is 3. The summed E-state index contributed by atoms with van der Waals surface area (Å²) < 4.78 is 54.0. The highest BCUT2D eigenvalue weighted by Crippen LogP contribution is 2.46. The molecule has 0 aliphatic carbocycles. The van der Waals surface area contributed by atoms with E-state index in [0.717, 1.165) is 12.0 Å². The Balaban J connectivity index is 1.77. The van der Waals surface area contributed by atoms with Crippen LogP contribution in [0, 0.1) is 6.92 Å². The largest absolute Gasteiger partial charge is 0.496 e. The van der Waals surface area contributed by atoms with Crippen molar-refractivity contribution in [2.24, 2.45) is 0 Å². The molecule has 1 fully saturated rings. The van der Waals surface area contributed by atoms with Gasteiger partial charge < -0.3 is 9.47 Å². The van der Waals surface area contributed by atoms with Gasteiger partial charge in [-0.25, -0.2) is 4.79 Å². The SMILES string of the molecule is COc1cc(C2CCCN2Cc2ccccc2)c(C(F)(F)F)c(C)c1C(=O)Oc1ccccc1. The molecule has 1 saturated heterocycles. The van der Waals surface area contributed by atoms with Crippen LogP contribution in [0.3, 0.4) is 0 Å². The first-order valence-electron chi connectivity index (χ1n) is 11.1. The minimum absolute atomic E-state index is 0.0768. The molecule has 4 nitrogen and oxygen atoms in total. The summed E-state index contributed by atoms with van der Waals surface area (Å²) in [6.07, 6.45) is -3.27. The van der Waals surface area contributed by atoms with E-state index in [2.05, 4.69) is 4.90 Å². The smallest absolute Gasteiger partial charge is 0.417 e. The molecule has 0 bridgehead atoms. The average Bonchev–Trinajstić information content (AvgIpc) is 3.26. The van der Waals surface area contributed by atoms with E-state index in [1.807, 2.05) is 30.3 Å². The number of para-hydroxylation sites is 1. The molecule has 0 amide bonds. The van der Waals surface area contributed by atoms with Crippen molar-refractivity contribution in [2.75, 3.05) is 13.7 Å². The summed E-state index contributed by atoms with van der Waals surface area (Å²) in [5.74, 6) is -0.561. The number of methoxy groups -OCH3 is 1. The first-order valence-corrected chi connectivity index (χ1v) is 11.1. The van der Waals surface area contributed by atoms with E-state index in [0.29, 0.717) is 19.5 Å². The van der Waals surface area contributed by atoms with Gasteiger partial charge in [-0.1, -0.05) is 48.5 Å². The number of esters is 1. The standard InChI is InChI=1S/C27H26F3NO3/c1-18-24(26(32)34-20-12-7-4-8-13-20)23(33-2)16-21(25(18)27(28,29)30)22-14-9-15-31(22)17-19-10-5-3-6-11-19/h3-8,10-13,16,22H,9,14-15,17H2,1-2H3. The Morgan fingerprint density at radius 1 is 1.06 bits per heavy atom. The van der Waals surface area contributed by atoms with E-state index in [-0.39, 0.29) is 28.2 Å². The molecule has 34 heavy (non-hydrogen) atoms. The summed E-state index contributed by atoms with van der Waals surface area (Å²) in [5, 5.41) is 0. The number of rotatable bonds is 6. The van der Waals surface area contributed by atoms with Gasteiger partial charge in [0.05, 0.1) is 12.7 Å². The van der Waals surface area contributed by atoms with E-state index in [9.17, 15) is 18.0 Å². The minimum atomic E-state index is -4.64. The van der Waals surface area contributed by atoms with Crippen molar-refractivity contribution in [1.29, 1.82) is 0 Å². The van der Waals surface area contributed by atoms with E-state index >= 15 is 0 Å². The van der Waals surface area contributed by atoms with Crippen LogP contribution in [0.2, 0.25) is 0 Å². The second kappa shape index (κ2) is 9.89. The number of carbonyl (C=O) groups excluding carboxylic acids is 1. The number of ether oxygens (including phenoxy) is 2. The predicted octanol–water partition coefficient (Wildman–Crippen LogP) is 6.58. The molecular formula is C27H26F3NO3. The molecule has 0 aromatic heterocycles. The first-order chi connectivity index (χ1) is 16.3. The van der Waals surface area contributed by atoms with Crippen molar-refractivity contribution in [3.63, 3.8) is 0 Å². The average molecular weight is 470 g/mol. The third-order valence-corrected chi connectivity index (χ3v) is 6.18. The summed E-state index contributed by atoms with van der Waals surface area (Å²) in [5.41, 5.74) is -0.0242. The molecule has 4 rings (SSSR count). The Kier molecular flexibility index (Phi) is 6.93. The zero-order valence-electron chi connectivity index (χ0n) is 19.1. The van der Waals surface area contributed by atoms with Gasteiger partial charge in [-0.3, -0.25) is 4.90 Å². The second-order valence-electron chi connectivity index (χ2n) is 8.36. The maximum absolute atomic E-state index is 14.4. The number of hydrogen-bond donors (Lipinski definition) is 0. The van der Waals surface area contributed by atoms with Gasteiger partial charge in [-0.15, -0.1) is 0 Å². The lowest BCUT2D eigenvalue weighted by Crippen LogP contribution is -2.27. The quantitative estimate of drug-likeness (QED) is 0.302. The number of likely N-dealkylation sites (tertiary alicyclic amines) is 1. The molecule has 0 radical (unpaired) electrons. The molecule has 1 aliphatic heterocycles. The van der Waals surface area contributed by atoms with Gasteiger partial charge in [-0.05, 0) is 61.2 Å². The van der Waals surface area contributed by atoms with Crippen LogP contribution < -0.4 is 9.47 Å². The fourth-order valence-electron chi connectivity index (χ4n) is 4.70. The number of carbonyl (C=O) groups is 1. The van der Waals surface area contributed by atoms with Crippen LogP contribution in [0.15, 0.2) is 66.7 Å². The Bertz CT molecular complexity index is 1150. The molecule has 3 aromatic carbocycles. The monoisotopic (exact) mass is 469 g/mol. The van der Waals surface area contributed by atoms with Gasteiger partial charge in [0.15, 0.2) is 0 Å². The van der Waals surface area contributed by atoms with Crippen LogP contribution in [-0.2, 0) is 12.7 Å². The third kappa shape index (κ3) is 4.94. The van der Waals surface area contributed by atoms with Crippen molar-refractivity contribution in [2.45, 2.75) is 38.5 Å². The molecule has 0 spiro atoms. The molecule has 1 heterocycles. The van der Waals surface area contributed by atoms with Crippen LogP contribution in [0.25, 0.3) is 0 Å². The predicted molar refractivity (Wildman–Crippen MR) is 123 cm³/mol. The maximum atomic E-state index is 14.4. The zero-order chi connectivity index (χ0) is 24.3. The van der Waals surface area contributed by atoms with Crippen molar-refractivity contribution in [3.8, 4) is 11.5 Å². The van der Waals surface area contributed by atoms with Gasteiger partial charge in [0.1, 0.15) is 17.1 Å². The third-order valence-electron chi connectivity index (χ3n) is 6.18. The van der Waals surface area contributed by atoms with Crippen LogP contribution in [0.4, 0.5) is 13.2 Å². The fourth-order valence-corrected chi connectivity index (χ4v) is 4.70. The second-order valence-corrected chi connectivity index (χ2v) is 8.36. The van der Waals surface area contributed by atoms with E-state index < -0.39 is 23.8 Å². The lowest BCUT2D eigenvalue weighted by Gasteiger charge is -2.29. The van der Waals surface area contributed by atoms with Crippen LogP contribution >= 0.6 is 0 Å². The molecule has 0 saturated carbocycles. The summed E-state index contributed by atoms with van der Waals surface area (Å²) in [6, 6.07) is 18.9. The highest BCUT2D eigenvalue weighted by atomic mass is 19.4. The topological polar surface area (TPSA) is 38.8 Å². The molecule has 178 valence electrons. The zero-order valence-corrected chi connectivity index (χ0v) is 19.1. The van der Waals surface area contributed by atoms with Crippen molar-refractivity contribution in [1.82, 2.24) is 4.90 Å². The summed E-state index contributed by atoms with van der Waals surface area (Å²) in [4.78, 5) is 15.0. The van der Waals surface area contributed by atoms with Gasteiger partial charge >= 0.3 is 12.1 Å². The van der Waals surface area contributed by atoms with Crippen LogP contribution in [0.5, 0.6) is 11.5 Å². The number of halogens is 3. The van der Waals surface area contributed by atoms with Crippen molar-refractivity contribution in [3.05, 3.63) is 94.5 Å². The molecule has 1 atom stereocenters. The van der Waals surface area contributed by atoms with Gasteiger partial charge in [0, 0.05) is 12.6 Å². The summed E-state index contributed by atoms with van der Waals surface area (Å²) in [6.45, 7) is 2.55. The molecule has 1 unspecified atom stereocenters. The Morgan fingerprint density at radius 2 is 1.71 bits per heavy atom. The normalized spacial score (nSPS) is 16.4. The Morgan fingerprint density at radius 3 is 2.32 bits per heavy atom. The van der Waals surface area contributed by atoms with E-state index in [1.165, 1.54) is 20.1 Å². The summed E-state index contributed by atoms with van der Waals surface area (Å²) in [7, 11) is 1.35. The molecular weight excluding hydrogens is 443 g/mol. The summed E-state index contributed by atoms with van der Waals surface area (Å²) >= 11 is 0. The van der Waals surface area contributed by atoms with Crippen LogP contribution in [-0.4, -0.2) is 24.5 Å². The van der Waals surface area contributed by atoms with Gasteiger partial charge in [0.2, 0.25) is 0 Å². The van der Waals surface area contributed by atoms with Crippen LogP contribution in [0.1, 0.15) is 51.5 Å². The van der Waals surface area contributed by atoms with E-state index in [1.54, 1.807) is 30.3 Å². The minimum Gasteiger partial charge on any atom is -0.496 e. The fraction of sp³-hybridized carbons (Fsp3) is 0.296.